The summed E-state index contributed by atoms with van der Waals surface area (Å²) in [4.78, 5) is 51.3. The molecule has 1 saturated heterocycles. The molecule has 2 N–H and O–H groups in total. The number of benzene rings is 1. The number of amides is 3. The van der Waals surface area contributed by atoms with Gasteiger partial charge in [-0.1, -0.05) is 12.1 Å². The summed E-state index contributed by atoms with van der Waals surface area (Å²) in [6, 6.07) is 8.70. The third kappa shape index (κ3) is 5.53. The van der Waals surface area contributed by atoms with Crippen molar-refractivity contribution in [3.8, 4) is 0 Å². The van der Waals surface area contributed by atoms with Gasteiger partial charge in [0, 0.05) is 19.5 Å². The summed E-state index contributed by atoms with van der Waals surface area (Å²) in [7, 11) is 0. The zero-order valence-electron chi connectivity index (χ0n) is 19.6. The Labute approximate surface area is 202 Å². The minimum Gasteiger partial charge on any atom is -0.464 e. The Morgan fingerprint density at radius 1 is 1.09 bits per heavy atom. The lowest BCUT2D eigenvalue weighted by Gasteiger charge is -2.27. The topological polar surface area (TPSA) is 127 Å². The molecule has 1 aromatic carbocycles. The summed E-state index contributed by atoms with van der Waals surface area (Å²) in [5.41, 5.74) is 1.42. The van der Waals surface area contributed by atoms with Crippen molar-refractivity contribution >= 4 is 23.9 Å². The predicted molar refractivity (Wildman–Crippen MR) is 123 cm³/mol. The molecule has 10 heteroatoms. The first kappa shape index (κ1) is 24.1. The van der Waals surface area contributed by atoms with Gasteiger partial charge in [0.25, 0.3) is 0 Å². The van der Waals surface area contributed by atoms with Crippen molar-refractivity contribution in [3.05, 3.63) is 70.3 Å². The maximum atomic E-state index is 12.7. The van der Waals surface area contributed by atoms with E-state index in [4.69, 9.17) is 13.9 Å². The number of nitrogens with one attached hydrogen (secondary N) is 2. The van der Waals surface area contributed by atoms with Crippen LogP contribution in [0.3, 0.4) is 0 Å². The molecule has 10 nitrogen and oxygen atoms in total. The molecule has 0 spiro atoms. The number of esters is 2. The van der Waals surface area contributed by atoms with E-state index in [1.807, 2.05) is 0 Å². The first-order chi connectivity index (χ1) is 16.9. The van der Waals surface area contributed by atoms with Crippen LogP contribution in [0.2, 0.25) is 0 Å². The van der Waals surface area contributed by atoms with Crippen molar-refractivity contribution < 1.29 is 33.1 Å². The molecule has 1 aromatic heterocycles. The molecule has 4 rings (SSSR count). The van der Waals surface area contributed by atoms with Gasteiger partial charge in [-0.3, -0.25) is 4.79 Å². The van der Waals surface area contributed by atoms with Crippen molar-refractivity contribution in [3.63, 3.8) is 0 Å². The molecule has 0 aliphatic carbocycles. The molecular weight excluding hydrogens is 454 g/mol. The van der Waals surface area contributed by atoms with Crippen LogP contribution in [0.4, 0.5) is 4.79 Å². The summed E-state index contributed by atoms with van der Waals surface area (Å²) < 4.78 is 16.2. The molecule has 1 unspecified atom stereocenters. The highest BCUT2D eigenvalue weighted by atomic mass is 16.5. The molecule has 0 bridgehead atoms. The van der Waals surface area contributed by atoms with Gasteiger partial charge in [0.05, 0.1) is 23.4 Å². The number of hydrogen-bond donors (Lipinski definition) is 2. The van der Waals surface area contributed by atoms with Gasteiger partial charge in [0.15, 0.2) is 0 Å². The highest BCUT2D eigenvalue weighted by Crippen LogP contribution is 2.29. The zero-order valence-corrected chi connectivity index (χ0v) is 19.6. The standard InChI is InChI=1S/C25H27N3O7/c1-3-33-24(31)21-18(26-25(32)27-22(21)19-11-6-15(2)35-19)14-34-23(30)17-9-7-16(8-10-17)13-28-12-4-5-20(28)29/h6-11,22H,3-5,12-14H2,1-2H3,(H2,26,27,32). The average Bonchev–Trinajstić information content (AvgIpc) is 3.45. The van der Waals surface area contributed by atoms with Crippen LogP contribution in [0.25, 0.3) is 0 Å². The zero-order chi connectivity index (χ0) is 24.9. The fourth-order valence-corrected chi connectivity index (χ4v) is 4.06. The fraction of sp³-hybridized carbons (Fsp3) is 0.360. The van der Waals surface area contributed by atoms with Gasteiger partial charge in [-0.25, -0.2) is 14.4 Å². The number of hydrogen-bond acceptors (Lipinski definition) is 7. The highest BCUT2D eigenvalue weighted by molar-refractivity contribution is 5.95. The Morgan fingerprint density at radius 3 is 2.49 bits per heavy atom. The Morgan fingerprint density at radius 2 is 1.86 bits per heavy atom. The van der Waals surface area contributed by atoms with Crippen LogP contribution >= 0.6 is 0 Å². The van der Waals surface area contributed by atoms with Crippen LogP contribution < -0.4 is 10.6 Å². The first-order valence-electron chi connectivity index (χ1n) is 11.4. The van der Waals surface area contributed by atoms with Crippen molar-refractivity contribution in [2.75, 3.05) is 19.8 Å². The number of likely N-dealkylation sites (tertiary alicyclic amines) is 1. The van der Waals surface area contributed by atoms with E-state index in [1.165, 1.54) is 0 Å². The monoisotopic (exact) mass is 481 g/mol. The molecule has 2 aliphatic heterocycles. The van der Waals surface area contributed by atoms with E-state index in [0.29, 0.717) is 30.0 Å². The predicted octanol–water partition coefficient (Wildman–Crippen LogP) is 2.74. The number of urea groups is 1. The Kier molecular flexibility index (Phi) is 7.19. The molecule has 184 valence electrons. The highest BCUT2D eigenvalue weighted by Gasteiger charge is 2.36. The van der Waals surface area contributed by atoms with Crippen molar-refractivity contribution in [2.45, 2.75) is 39.3 Å². The lowest BCUT2D eigenvalue weighted by atomic mass is 10.0. The van der Waals surface area contributed by atoms with Gasteiger partial charge in [-0.05, 0) is 50.1 Å². The Balaban J connectivity index is 1.49. The summed E-state index contributed by atoms with van der Waals surface area (Å²) in [6.07, 6.45) is 1.43. The molecule has 0 saturated carbocycles. The van der Waals surface area contributed by atoms with Gasteiger partial charge in [0.1, 0.15) is 24.2 Å². The van der Waals surface area contributed by atoms with E-state index < -0.39 is 24.0 Å². The Bertz CT molecular complexity index is 1170. The molecule has 0 radical (unpaired) electrons. The van der Waals surface area contributed by atoms with E-state index in [0.717, 1.165) is 18.5 Å². The summed E-state index contributed by atoms with van der Waals surface area (Å²) >= 11 is 0. The van der Waals surface area contributed by atoms with Crippen molar-refractivity contribution in [1.29, 1.82) is 0 Å². The molecule has 1 fully saturated rings. The molecule has 1 atom stereocenters. The number of nitrogens with zero attached hydrogens (tertiary/aromatic N) is 1. The summed E-state index contributed by atoms with van der Waals surface area (Å²) in [5, 5.41) is 5.20. The number of carbonyl (C=O) groups excluding carboxylic acids is 4. The van der Waals surface area contributed by atoms with E-state index in [2.05, 4.69) is 10.6 Å². The van der Waals surface area contributed by atoms with Gasteiger partial charge in [-0.15, -0.1) is 0 Å². The molecule has 2 aromatic rings. The van der Waals surface area contributed by atoms with Crippen LogP contribution in [0.15, 0.2) is 52.1 Å². The van der Waals surface area contributed by atoms with Gasteiger partial charge in [0.2, 0.25) is 5.91 Å². The minimum atomic E-state index is -0.891. The largest absolute Gasteiger partial charge is 0.464 e. The summed E-state index contributed by atoms with van der Waals surface area (Å²) in [5.74, 6) is -0.183. The van der Waals surface area contributed by atoms with E-state index in [-0.39, 0.29) is 30.4 Å². The normalized spacial score (nSPS) is 17.8. The first-order valence-corrected chi connectivity index (χ1v) is 11.4. The average molecular weight is 482 g/mol. The molecule has 2 aliphatic rings. The lowest BCUT2D eigenvalue weighted by Crippen LogP contribution is -2.47. The Hall–Kier alpha value is -4.08. The number of aryl methyl sites for hydroxylation is 1. The number of furan rings is 1. The van der Waals surface area contributed by atoms with E-state index >= 15 is 0 Å². The third-order valence-corrected chi connectivity index (χ3v) is 5.78. The number of carbonyl (C=O) groups is 4. The van der Waals surface area contributed by atoms with E-state index in [9.17, 15) is 19.2 Å². The fourth-order valence-electron chi connectivity index (χ4n) is 4.06. The third-order valence-electron chi connectivity index (χ3n) is 5.78. The van der Waals surface area contributed by atoms with Crippen LogP contribution in [0.5, 0.6) is 0 Å². The van der Waals surface area contributed by atoms with Crippen molar-refractivity contribution in [1.82, 2.24) is 15.5 Å². The maximum Gasteiger partial charge on any atom is 0.338 e. The van der Waals surface area contributed by atoms with E-state index in [1.54, 1.807) is 55.1 Å². The molecular formula is C25H27N3O7. The SMILES string of the molecule is CCOC(=O)C1=C(COC(=O)c2ccc(CN3CCCC3=O)cc2)NC(=O)NC1c1ccc(C)o1. The smallest absolute Gasteiger partial charge is 0.338 e. The minimum absolute atomic E-state index is 0.0965. The molecule has 35 heavy (non-hydrogen) atoms. The number of ether oxygens (including phenoxy) is 2. The van der Waals surface area contributed by atoms with Crippen LogP contribution in [0, 0.1) is 6.92 Å². The van der Waals surface area contributed by atoms with Crippen LogP contribution in [-0.2, 0) is 25.6 Å². The second-order valence-electron chi connectivity index (χ2n) is 8.28. The van der Waals surface area contributed by atoms with Crippen LogP contribution in [-0.4, -0.2) is 48.5 Å². The second kappa shape index (κ2) is 10.5. The maximum absolute atomic E-state index is 12.7. The van der Waals surface area contributed by atoms with Gasteiger partial charge < -0.3 is 29.4 Å². The van der Waals surface area contributed by atoms with Gasteiger partial charge in [-0.2, -0.15) is 0 Å². The molecule has 3 amide bonds. The van der Waals surface area contributed by atoms with Crippen molar-refractivity contribution in [2.24, 2.45) is 0 Å². The van der Waals surface area contributed by atoms with Gasteiger partial charge >= 0.3 is 18.0 Å². The quantitative estimate of drug-likeness (QED) is 0.555. The summed E-state index contributed by atoms with van der Waals surface area (Å²) in [6.45, 7) is 4.43. The van der Waals surface area contributed by atoms with Crippen LogP contribution in [0.1, 0.15) is 53.2 Å². The lowest BCUT2D eigenvalue weighted by molar-refractivity contribution is -0.139. The molecule has 3 heterocycles. The second-order valence-corrected chi connectivity index (χ2v) is 8.28. The number of rotatable bonds is 8.